The van der Waals surface area contributed by atoms with Crippen molar-refractivity contribution in [2.24, 2.45) is 0 Å². The molecule has 0 aliphatic carbocycles. The number of amides is 1. The van der Waals surface area contributed by atoms with Crippen molar-refractivity contribution < 1.29 is 9.53 Å². The van der Waals surface area contributed by atoms with Crippen molar-refractivity contribution in [3.8, 4) is 17.0 Å². The molecule has 5 heteroatoms. The number of nitrogens with one attached hydrogen (secondary N) is 2. The minimum absolute atomic E-state index is 0.162. The first-order valence-electron chi connectivity index (χ1n) is 11.1. The van der Waals surface area contributed by atoms with Crippen LogP contribution < -0.4 is 10.1 Å². The highest BCUT2D eigenvalue weighted by molar-refractivity contribution is 6.13. The zero-order valence-electron chi connectivity index (χ0n) is 18.5. The van der Waals surface area contributed by atoms with Crippen LogP contribution in [0.2, 0.25) is 0 Å². The predicted octanol–water partition coefficient (Wildman–Crippen LogP) is 5.75. The number of methoxy groups -OCH3 is 1. The molecular formula is C28H25N3O2. The molecule has 0 fully saturated rings. The third kappa shape index (κ3) is 4.30. The molecule has 0 radical (unpaired) electrons. The molecule has 5 aromatic rings. The van der Waals surface area contributed by atoms with Crippen molar-refractivity contribution in [2.45, 2.75) is 12.8 Å². The van der Waals surface area contributed by atoms with Crippen LogP contribution >= 0.6 is 0 Å². The summed E-state index contributed by atoms with van der Waals surface area (Å²) in [5.74, 6) is 0.615. The van der Waals surface area contributed by atoms with Crippen molar-refractivity contribution in [1.82, 2.24) is 15.3 Å². The molecule has 2 heterocycles. The van der Waals surface area contributed by atoms with E-state index in [4.69, 9.17) is 9.72 Å². The lowest BCUT2D eigenvalue weighted by atomic mass is 10.1. The zero-order valence-corrected chi connectivity index (χ0v) is 18.5. The number of carbonyl (C=O) groups is 1. The highest BCUT2D eigenvalue weighted by Crippen LogP contribution is 2.33. The van der Waals surface area contributed by atoms with Gasteiger partial charge in [0.05, 0.1) is 18.3 Å². The van der Waals surface area contributed by atoms with Crippen LogP contribution in [-0.2, 0) is 6.42 Å². The van der Waals surface area contributed by atoms with E-state index < -0.39 is 0 Å². The quantitative estimate of drug-likeness (QED) is 0.320. The maximum absolute atomic E-state index is 13.0. The van der Waals surface area contributed by atoms with Gasteiger partial charge in [-0.15, -0.1) is 0 Å². The van der Waals surface area contributed by atoms with E-state index in [1.807, 2.05) is 66.7 Å². The zero-order chi connectivity index (χ0) is 22.6. The molecule has 5 rings (SSSR count). The van der Waals surface area contributed by atoms with Gasteiger partial charge in [0.15, 0.2) is 0 Å². The number of pyridine rings is 1. The maximum atomic E-state index is 13.0. The number of carbonyl (C=O) groups excluding carboxylic acids is 1. The molecule has 2 aromatic heterocycles. The SMILES string of the molecule is COc1ccc(-c2nc(C(=O)NCCCc3ccccc3)cc3c2[nH]c2ccccc23)cc1. The summed E-state index contributed by atoms with van der Waals surface area (Å²) in [6.07, 6.45) is 1.80. The lowest BCUT2D eigenvalue weighted by Gasteiger charge is -2.09. The fourth-order valence-corrected chi connectivity index (χ4v) is 4.15. The summed E-state index contributed by atoms with van der Waals surface area (Å²) < 4.78 is 5.30. The van der Waals surface area contributed by atoms with Gasteiger partial charge in [-0.1, -0.05) is 48.5 Å². The number of ether oxygens (including phenoxy) is 1. The Morgan fingerprint density at radius 2 is 1.70 bits per heavy atom. The topological polar surface area (TPSA) is 67.0 Å². The summed E-state index contributed by atoms with van der Waals surface area (Å²) in [6, 6.07) is 28.0. The Morgan fingerprint density at radius 1 is 0.939 bits per heavy atom. The van der Waals surface area contributed by atoms with Gasteiger partial charge in [0.2, 0.25) is 0 Å². The van der Waals surface area contributed by atoms with Crippen LogP contribution in [-0.4, -0.2) is 29.5 Å². The number of aryl methyl sites for hydroxylation is 1. The highest BCUT2D eigenvalue weighted by atomic mass is 16.5. The summed E-state index contributed by atoms with van der Waals surface area (Å²) in [6.45, 7) is 0.596. The van der Waals surface area contributed by atoms with E-state index in [1.165, 1.54) is 5.56 Å². The largest absolute Gasteiger partial charge is 0.497 e. The number of benzene rings is 3. The smallest absolute Gasteiger partial charge is 0.269 e. The Morgan fingerprint density at radius 3 is 2.48 bits per heavy atom. The molecule has 0 aliphatic heterocycles. The fraction of sp³-hybridized carbons (Fsp3) is 0.143. The molecule has 0 spiro atoms. The van der Waals surface area contributed by atoms with Gasteiger partial charge in [0.1, 0.15) is 11.4 Å². The van der Waals surface area contributed by atoms with Crippen LogP contribution in [0, 0.1) is 0 Å². The molecule has 0 atom stereocenters. The van der Waals surface area contributed by atoms with Gasteiger partial charge in [0.25, 0.3) is 5.91 Å². The molecule has 33 heavy (non-hydrogen) atoms. The average Bonchev–Trinajstić information content (AvgIpc) is 3.25. The second-order valence-corrected chi connectivity index (χ2v) is 8.02. The highest BCUT2D eigenvalue weighted by Gasteiger charge is 2.17. The standard InChI is InChI=1S/C28H25N3O2/c1-33-21-15-13-20(14-16-21)26-27-23(22-11-5-6-12-24(22)30-27)18-25(31-26)28(32)29-17-7-10-19-8-3-2-4-9-19/h2-6,8-9,11-16,18,30H,7,10,17H2,1H3,(H,29,32). The molecule has 3 aromatic carbocycles. The molecule has 0 bridgehead atoms. The number of fused-ring (bicyclic) bond motifs is 3. The maximum Gasteiger partial charge on any atom is 0.269 e. The third-order valence-corrected chi connectivity index (χ3v) is 5.86. The number of aromatic nitrogens is 2. The molecule has 2 N–H and O–H groups in total. The molecule has 0 saturated heterocycles. The monoisotopic (exact) mass is 435 g/mol. The van der Waals surface area contributed by atoms with Crippen molar-refractivity contribution in [3.05, 3.63) is 96.2 Å². The van der Waals surface area contributed by atoms with E-state index in [0.717, 1.165) is 51.7 Å². The minimum atomic E-state index is -0.162. The van der Waals surface area contributed by atoms with Gasteiger partial charge in [-0.25, -0.2) is 4.98 Å². The van der Waals surface area contributed by atoms with E-state index in [1.54, 1.807) is 7.11 Å². The Bertz CT molecular complexity index is 1410. The van der Waals surface area contributed by atoms with Crippen molar-refractivity contribution in [1.29, 1.82) is 0 Å². The molecule has 5 nitrogen and oxygen atoms in total. The number of hydrogen-bond donors (Lipinski definition) is 2. The van der Waals surface area contributed by atoms with E-state index in [2.05, 4.69) is 28.5 Å². The van der Waals surface area contributed by atoms with Crippen molar-refractivity contribution >= 4 is 27.7 Å². The van der Waals surface area contributed by atoms with Crippen molar-refractivity contribution in [3.63, 3.8) is 0 Å². The number of hydrogen-bond acceptors (Lipinski definition) is 3. The van der Waals surface area contributed by atoms with Gasteiger partial charge < -0.3 is 15.0 Å². The summed E-state index contributed by atoms with van der Waals surface area (Å²) in [4.78, 5) is 21.3. The van der Waals surface area contributed by atoms with Crippen molar-refractivity contribution in [2.75, 3.05) is 13.7 Å². The van der Waals surface area contributed by atoms with Crippen LogP contribution in [0.4, 0.5) is 0 Å². The lowest BCUT2D eigenvalue weighted by molar-refractivity contribution is 0.0948. The van der Waals surface area contributed by atoms with E-state index in [0.29, 0.717) is 12.2 Å². The molecule has 1 amide bonds. The van der Waals surface area contributed by atoms with Gasteiger partial charge in [-0.2, -0.15) is 0 Å². The van der Waals surface area contributed by atoms with Crippen LogP contribution in [0.25, 0.3) is 33.1 Å². The molecule has 0 saturated carbocycles. The summed E-state index contributed by atoms with van der Waals surface area (Å²) in [7, 11) is 1.64. The molecular weight excluding hydrogens is 410 g/mol. The second kappa shape index (κ2) is 9.17. The first-order valence-corrected chi connectivity index (χ1v) is 11.1. The lowest BCUT2D eigenvalue weighted by Crippen LogP contribution is -2.25. The number of aromatic amines is 1. The second-order valence-electron chi connectivity index (χ2n) is 8.02. The van der Waals surface area contributed by atoms with E-state index in [-0.39, 0.29) is 5.91 Å². The number of rotatable bonds is 7. The Hall–Kier alpha value is -4.12. The van der Waals surface area contributed by atoms with Crippen LogP contribution in [0.5, 0.6) is 5.75 Å². The fourth-order valence-electron chi connectivity index (χ4n) is 4.15. The molecule has 164 valence electrons. The van der Waals surface area contributed by atoms with Gasteiger partial charge >= 0.3 is 0 Å². The number of H-pyrrole nitrogens is 1. The minimum Gasteiger partial charge on any atom is -0.497 e. The van der Waals surface area contributed by atoms with E-state index >= 15 is 0 Å². The predicted molar refractivity (Wildman–Crippen MR) is 133 cm³/mol. The summed E-state index contributed by atoms with van der Waals surface area (Å²) in [5, 5.41) is 5.10. The van der Waals surface area contributed by atoms with Crippen LogP contribution in [0.1, 0.15) is 22.5 Å². The summed E-state index contributed by atoms with van der Waals surface area (Å²) >= 11 is 0. The van der Waals surface area contributed by atoms with Crippen LogP contribution in [0.3, 0.4) is 0 Å². The van der Waals surface area contributed by atoms with Gasteiger partial charge in [-0.05, 0) is 54.8 Å². The number of nitrogens with zero attached hydrogens (tertiary/aromatic N) is 1. The average molecular weight is 436 g/mol. The Labute approximate surface area is 192 Å². The van der Waals surface area contributed by atoms with E-state index in [9.17, 15) is 4.79 Å². The normalized spacial score (nSPS) is 11.1. The van der Waals surface area contributed by atoms with Crippen LogP contribution in [0.15, 0.2) is 84.9 Å². The molecule has 0 aliphatic rings. The van der Waals surface area contributed by atoms with Gasteiger partial charge in [-0.3, -0.25) is 4.79 Å². The van der Waals surface area contributed by atoms with Gasteiger partial charge in [0, 0.05) is 28.4 Å². The Kier molecular flexibility index (Phi) is 5.77. The number of para-hydroxylation sites is 1. The Balaban J connectivity index is 1.46. The first kappa shape index (κ1) is 20.8. The molecule has 0 unspecified atom stereocenters. The summed E-state index contributed by atoms with van der Waals surface area (Å²) in [5.41, 5.74) is 5.29. The third-order valence-electron chi connectivity index (χ3n) is 5.86. The first-order chi connectivity index (χ1) is 16.2.